The molecule has 0 saturated heterocycles. The molecule has 1 heterocycles. The van der Waals surface area contributed by atoms with Crippen molar-refractivity contribution in [2.24, 2.45) is 0 Å². The van der Waals surface area contributed by atoms with Gasteiger partial charge in [-0.05, 0) is 36.4 Å². The Morgan fingerprint density at radius 2 is 1.62 bits per heavy atom. The van der Waals surface area contributed by atoms with Crippen LogP contribution in [0, 0.1) is 0 Å². The highest BCUT2D eigenvalue weighted by atomic mass is 32.2. The molecule has 0 radical (unpaired) electrons. The van der Waals surface area contributed by atoms with E-state index in [-0.39, 0.29) is 10.6 Å². The predicted molar refractivity (Wildman–Crippen MR) is 86.0 cm³/mol. The summed E-state index contributed by atoms with van der Waals surface area (Å²) in [5.41, 5.74) is 0.241. The highest BCUT2D eigenvalue weighted by Gasteiger charge is 2.31. The van der Waals surface area contributed by atoms with Crippen molar-refractivity contribution in [2.45, 2.75) is 17.7 Å². The summed E-state index contributed by atoms with van der Waals surface area (Å²) < 4.78 is 78.3. The summed E-state index contributed by atoms with van der Waals surface area (Å²) in [6.45, 7) is 0.953. The van der Waals surface area contributed by atoms with E-state index >= 15 is 0 Å². The summed E-state index contributed by atoms with van der Waals surface area (Å²) >= 11 is 0. The fraction of sp³-hybridized carbons (Fsp3) is 0.250. The number of ether oxygens (including phenoxy) is 3. The van der Waals surface area contributed by atoms with Crippen molar-refractivity contribution in [3.05, 3.63) is 42.5 Å². The molecule has 3 rings (SSSR count). The van der Waals surface area contributed by atoms with Gasteiger partial charge < -0.3 is 14.2 Å². The number of alkyl halides is 3. The van der Waals surface area contributed by atoms with Gasteiger partial charge in [-0.2, -0.15) is 0 Å². The normalized spacial score (nSPS) is 14.4. The fourth-order valence-electron chi connectivity index (χ4n) is 2.26. The van der Waals surface area contributed by atoms with Crippen molar-refractivity contribution in [1.82, 2.24) is 0 Å². The molecule has 1 aliphatic heterocycles. The highest BCUT2D eigenvalue weighted by Crippen LogP contribution is 2.33. The molecule has 6 nitrogen and oxygen atoms in total. The topological polar surface area (TPSA) is 73.9 Å². The molecule has 0 saturated carbocycles. The molecule has 0 bridgehead atoms. The number of halogens is 3. The lowest BCUT2D eigenvalue weighted by Gasteiger charge is -2.12. The second-order valence-electron chi connectivity index (χ2n) is 5.34. The summed E-state index contributed by atoms with van der Waals surface area (Å²) in [7, 11) is -3.99. The summed E-state index contributed by atoms with van der Waals surface area (Å²) in [6.07, 6.45) is -4.13. The van der Waals surface area contributed by atoms with E-state index in [4.69, 9.17) is 9.47 Å². The fourth-order valence-corrected chi connectivity index (χ4v) is 3.31. The quantitative estimate of drug-likeness (QED) is 0.866. The maximum Gasteiger partial charge on any atom is 0.573 e. The Morgan fingerprint density at radius 3 is 2.27 bits per heavy atom. The molecule has 0 aromatic heterocycles. The van der Waals surface area contributed by atoms with E-state index in [1.54, 1.807) is 6.07 Å². The lowest BCUT2D eigenvalue weighted by Crippen LogP contribution is -2.17. The van der Waals surface area contributed by atoms with Gasteiger partial charge in [-0.3, -0.25) is 4.72 Å². The summed E-state index contributed by atoms with van der Waals surface area (Å²) in [4.78, 5) is -0.209. The minimum Gasteiger partial charge on any atom is -0.490 e. The van der Waals surface area contributed by atoms with E-state index < -0.39 is 22.1 Å². The van der Waals surface area contributed by atoms with Crippen molar-refractivity contribution >= 4 is 15.7 Å². The van der Waals surface area contributed by atoms with E-state index in [0.29, 0.717) is 31.1 Å². The van der Waals surface area contributed by atoms with Crippen molar-refractivity contribution in [2.75, 3.05) is 17.9 Å². The zero-order valence-electron chi connectivity index (χ0n) is 13.2. The van der Waals surface area contributed by atoms with Gasteiger partial charge in [0.1, 0.15) is 5.75 Å². The zero-order valence-corrected chi connectivity index (χ0v) is 14.1. The minimum absolute atomic E-state index is 0.209. The molecule has 0 unspecified atom stereocenters. The van der Waals surface area contributed by atoms with Crippen LogP contribution in [0.3, 0.4) is 0 Å². The number of rotatable bonds is 4. The molecule has 0 amide bonds. The van der Waals surface area contributed by atoms with E-state index in [1.165, 1.54) is 12.1 Å². The molecule has 10 heteroatoms. The minimum atomic E-state index is -4.84. The van der Waals surface area contributed by atoms with Crippen LogP contribution < -0.4 is 18.9 Å². The number of nitrogens with one attached hydrogen (secondary N) is 1. The Balaban J connectivity index is 1.77. The van der Waals surface area contributed by atoms with Crippen LogP contribution in [0.15, 0.2) is 47.4 Å². The van der Waals surface area contributed by atoms with Crippen molar-refractivity contribution in [3.63, 3.8) is 0 Å². The summed E-state index contributed by atoms with van der Waals surface area (Å²) in [5.74, 6) is 0.419. The van der Waals surface area contributed by atoms with Gasteiger partial charge in [0, 0.05) is 12.5 Å². The number of sulfonamides is 1. The number of hydrogen-bond acceptors (Lipinski definition) is 5. The van der Waals surface area contributed by atoms with Crippen LogP contribution in [0.25, 0.3) is 0 Å². The lowest BCUT2D eigenvalue weighted by atomic mass is 10.3. The number of fused-ring (bicyclic) bond motifs is 1. The third kappa shape index (κ3) is 4.51. The molecule has 2 aromatic rings. The Kier molecular flexibility index (Phi) is 4.86. The van der Waals surface area contributed by atoms with Crippen LogP contribution in [0.2, 0.25) is 0 Å². The maximum absolute atomic E-state index is 12.4. The predicted octanol–water partition coefficient (Wildman–Crippen LogP) is 3.55. The molecule has 0 spiro atoms. The number of benzene rings is 2. The first-order valence-corrected chi connectivity index (χ1v) is 8.99. The number of hydrogen-bond donors (Lipinski definition) is 1. The van der Waals surface area contributed by atoms with Crippen LogP contribution >= 0.6 is 0 Å². The molecular formula is C16H14F3NO5S. The highest BCUT2D eigenvalue weighted by molar-refractivity contribution is 7.92. The van der Waals surface area contributed by atoms with Gasteiger partial charge in [0.25, 0.3) is 10.0 Å². The average molecular weight is 389 g/mol. The maximum atomic E-state index is 12.4. The molecule has 0 atom stereocenters. The van der Waals surface area contributed by atoms with E-state index in [0.717, 1.165) is 24.3 Å². The molecule has 0 fully saturated rings. The average Bonchev–Trinajstić information content (AvgIpc) is 2.78. The van der Waals surface area contributed by atoms with Crippen LogP contribution in [-0.4, -0.2) is 28.0 Å². The van der Waals surface area contributed by atoms with Gasteiger partial charge in [-0.15, -0.1) is 13.2 Å². The van der Waals surface area contributed by atoms with Gasteiger partial charge in [-0.25, -0.2) is 8.42 Å². The zero-order chi connectivity index (χ0) is 18.8. The molecule has 140 valence electrons. The molecule has 2 aromatic carbocycles. The monoisotopic (exact) mass is 389 g/mol. The Labute approximate surface area is 147 Å². The van der Waals surface area contributed by atoms with E-state index in [1.807, 2.05) is 0 Å². The van der Waals surface area contributed by atoms with E-state index in [2.05, 4.69) is 9.46 Å². The largest absolute Gasteiger partial charge is 0.573 e. The van der Waals surface area contributed by atoms with Gasteiger partial charge in [0.15, 0.2) is 11.5 Å². The summed E-state index contributed by atoms with van der Waals surface area (Å²) in [5, 5.41) is 0. The van der Waals surface area contributed by atoms with Crippen LogP contribution in [0.5, 0.6) is 17.2 Å². The Bertz CT molecular complexity index is 882. The third-order valence-electron chi connectivity index (χ3n) is 3.37. The third-order valence-corrected chi connectivity index (χ3v) is 4.76. The van der Waals surface area contributed by atoms with Crippen molar-refractivity contribution < 1.29 is 35.8 Å². The van der Waals surface area contributed by atoms with Gasteiger partial charge in [-0.1, -0.05) is 0 Å². The second-order valence-corrected chi connectivity index (χ2v) is 7.02. The van der Waals surface area contributed by atoms with Crippen LogP contribution in [0.1, 0.15) is 6.42 Å². The second kappa shape index (κ2) is 6.94. The van der Waals surface area contributed by atoms with Gasteiger partial charge >= 0.3 is 6.36 Å². The molecule has 26 heavy (non-hydrogen) atoms. The molecule has 1 aliphatic rings. The first-order chi connectivity index (χ1) is 12.2. The van der Waals surface area contributed by atoms with Crippen LogP contribution in [0.4, 0.5) is 18.9 Å². The molecule has 1 N–H and O–H groups in total. The van der Waals surface area contributed by atoms with E-state index in [9.17, 15) is 21.6 Å². The lowest BCUT2D eigenvalue weighted by molar-refractivity contribution is -0.274. The standard InChI is InChI=1S/C16H14F3NO5S/c17-16(18,19)25-12-3-5-13(6-4-12)26(21,22)20-11-2-7-14-15(10-11)24-9-1-8-23-14/h2-7,10,20H,1,8-9H2. The Morgan fingerprint density at radius 1 is 0.962 bits per heavy atom. The SMILES string of the molecule is O=S(=O)(Nc1ccc2c(c1)OCCCO2)c1ccc(OC(F)(F)F)cc1. The Hall–Kier alpha value is -2.62. The number of anilines is 1. The molecule has 0 aliphatic carbocycles. The first kappa shape index (κ1) is 18.2. The summed E-state index contributed by atoms with van der Waals surface area (Å²) in [6, 6.07) is 8.47. The molecular weight excluding hydrogens is 375 g/mol. The first-order valence-electron chi connectivity index (χ1n) is 7.51. The van der Waals surface area contributed by atoms with Gasteiger partial charge in [0.05, 0.1) is 23.8 Å². The van der Waals surface area contributed by atoms with Crippen molar-refractivity contribution in [1.29, 1.82) is 0 Å². The van der Waals surface area contributed by atoms with Crippen LogP contribution in [-0.2, 0) is 10.0 Å². The smallest absolute Gasteiger partial charge is 0.490 e. The van der Waals surface area contributed by atoms with Crippen molar-refractivity contribution in [3.8, 4) is 17.2 Å². The van der Waals surface area contributed by atoms with Gasteiger partial charge in [0.2, 0.25) is 0 Å².